The van der Waals surface area contributed by atoms with E-state index in [9.17, 15) is 10.2 Å². The van der Waals surface area contributed by atoms with Gasteiger partial charge in [-0.25, -0.2) is 0 Å². The molecule has 0 aliphatic rings. The standard InChI is InChI=1S/C12H19NO2/c1-2-6-12(15,9-13)8-10-4-3-5-11(14)7-10/h3-5,7,14-15H,2,6,8-9,13H2,1H3. The summed E-state index contributed by atoms with van der Waals surface area (Å²) in [7, 11) is 0. The van der Waals surface area contributed by atoms with E-state index in [1.165, 1.54) is 0 Å². The minimum Gasteiger partial charge on any atom is -0.508 e. The van der Waals surface area contributed by atoms with E-state index in [0.717, 1.165) is 12.0 Å². The molecule has 0 aliphatic carbocycles. The van der Waals surface area contributed by atoms with Crippen molar-refractivity contribution in [2.24, 2.45) is 5.73 Å². The molecule has 0 amide bonds. The number of aliphatic hydroxyl groups is 1. The second kappa shape index (κ2) is 5.14. The smallest absolute Gasteiger partial charge is 0.115 e. The summed E-state index contributed by atoms with van der Waals surface area (Å²) in [6, 6.07) is 6.94. The van der Waals surface area contributed by atoms with Gasteiger partial charge < -0.3 is 15.9 Å². The lowest BCUT2D eigenvalue weighted by Crippen LogP contribution is -2.39. The Kier molecular flexibility index (Phi) is 4.12. The molecular weight excluding hydrogens is 190 g/mol. The van der Waals surface area contributed by atoms with Crippen LogP contribution >= 0.6 is 0 Å². The summed E-state index contributed by atoms with van der Waals surface area (Å²) in [5.74, 6) is 0.225. The van der Waals surface area contributed by atoms with Crippen molar-refractivity contribution in [1.82, 2.24) is 0 Å². The van der Waals surface area contributed by atoms with Gasteiger partial charge >= 0.3 is 0 Å². The molecule has 0 aliphatic heterocycles. The second-order valence-electron chi connectivity index (χ2n) is 4.03. The number of nitrogens with two attached hydrogens (primary N) is 1. The number of hydrogen-bond donors (Lipinski definition) is 3. The zero-order valence-electron chi connectivity index (χ0n) is 9.11. The maximum atomic E-state index is 10.2. The molecule has 3 heteroatoms. The van der Waals surface area contributed by atoms with E-state index in [-0.39, 0.29) is 12.3 Å². The molecule has 0 spiro atoms. The van der Waals surface area contributed by atoms with Crippen molar-refractivity contribution in [1.29, 1.82) is 0 Å². The summed E-state index contributed by atoms with van der Waals surface area (Å²) in [6.07, 6.45) is 2.07. The number of rotatable bonds is 5. The summed E-state index contributed by atoms with van der Waals surface area (Å²) in [5, 5.41) is 19.5. The quantitative estimate of drug-likeness (QED) is 0.687. The number of phenolic OH excluding ortho intramolecular Hbond substituents is 1. The van der Waals surface area contributed by atoms with Gasteiger partial charge in [0.25, 0.3) is 0 Å². The van der Waals surface area contributed by atoms with Crippen LogP contribution in [0.5, 0.6) is 5.75 Å². The van der Waals surface area contributed by atoms with Gasteiger partial charge in [-0.2, -0.15) is 0 Å². The third kappa shape index (κ3) is 3.53. The maximum Gasteiger partial charge on any atom is 0.115 e. The van der Waals surface area contributed by atoms with Crippen molar-refractivity contribution >= 4 is 0 Å². The molecule has 0 saturated heterocycles. The highest BCUT2D eigenvalue weighted by molar-refractivity contribution is 5.28. The Hall–Kier alpha value is -1.06. The Balaban J connectivity index is 2.74. The molecule has 1 aromatic rings. The lowest BCUT2D eigenvalue weighted by molar-refractivity contribution is 0.0399. The molecular formula is C12H19NO2. The molecule has 0 saturated carbocycles. The van der Waals surface area contributed by atoms with E-state index in [0.29, 0.717) is 12.8 Å². The summed E-state index contributed by atoms with van der Waals surface area (Å²) in [4.78, 5) is 0. The summed E-state index contributed by atoms with van der Waals surface area (Å²) in [6.45, 7) is 2.26. The number of aromatic hydroxyl groups is 1. The van der Waals surface area contributed by atoms with Gasteiger partial charge in [-0.1, -0.05) is 25.5 Å². The van der Waals surface area contributed by atoms with Gasteiger partial charge in [0.1, 0.15) is 5.75 Å². The van der Waals surface area contributed by atoms with Gasteiger partial charge in [0.2, 0.25) is 0 Å². The molecule has 0 radical (unpaired) electrons. The molecule has 1 aromatic carbocycles. The van der Waals surface area contributed by atoms with Crippen LogP contribution in [0.25, 0.3) is 0 Å². The monoisotopic (exact) mass is 209 g/mol. The molecule has 3 nitrogen and oxygen atoms in total. The Morgan fingerprint density at radius 3 is 2.67 bits per heavy atom. The van der Waals surface area contributed by atoms with Crippen LogP contribution in [-0.4, -0.2) is 22.4 Å². The summed E-state index contributed by atoms with van der Waals surface area (Å²) in [5.41, 5.74) is 5.64. The average molecular weight is 209 g/mol. The predicted octanol–water partition coefficient (Wildman–Crippen LogP) is 1.42. The third-order valence-electron chi connectivity index (χ3n) is 2.54. The normalized spacial score (nSPS) is 14.9. The topological polar surface area (TPSA) is 66.5 Å². The van der Waals surface area contributed by atoms with Crippen LogP contribution in [0.15, 0.2) is 24.3 Å². The first kappa shape index (κ1) is 12.0. The van der Waals surface area contributed by atoms with Crippen LogP contribution in [0, 0.1) is 0 Å². The number of phenols is 1. The van der Waals surface area contributed by atoms with Gasteiger partial charge in [-0.05, 0) is 24.1 Å². The third-order valence-corrected chi connectivity index (χ3v) is 2.54. The fourth-order valence-corrected chi connectivity index (χ4v) is 1.77. The van der Waals surface area contributed by atoms with Crippen LogP contribution in [0.3, 0.4) is 0 Å². The summed E-state index contributed by atoms with van der Waals surface area (Å²) >= 11 is 0. The molecule has 1 unspecified atom stereocenters. The zero-order valence-corrected chi connectivity index (χ0v) is 9.11. The van der Waals surface area contributed by atoms with Crippen LogP contribution in [0.2, 0.25) is 0 Å². The van der Waals surface area contributed by atoms with Crippen molar-refractivity contribution in [3.63, 3.8) is 0 Å². The number of benzene rings is 1. The van der Waals surface area contributed by atoms with E-state index < -0.39 is 5.60 Å². The van der Waals surface area contributed by atoms with E-state index in [1.807, 2.05) is 13.0 Å². The van der Waals surface area contributed by atoms with Crippen molar-refractivity contribution in [2.75, 3.05) is 6.54 Å². The molecule has 1 rings (SSSR count). The highest BCUT2D eigenvalue weighted by Gasteiger charge is 2.24. The highest BCUT2D eigenvalue weighted by Crippen LogP contribution is 2.20. The minimum absolute atomic E-state index is 0.225. The Morgan fingerprint density at radius 2 is 2.13 bits per heavy atom. The predicted molar refractivity (Wildman–Crippen MR) is 60.7 cm³/mol. The molecule has 0 fully saturated rings. The van der Waals surface area contributed by atoms with Crippen LogP contribution < -0.4 is 5.73 Å². The molecule has 4 N–H and O–H groups in total. The Bertz CT molecular complexity index is 314. The molecule has 0 heterocycles. The van der Waals surface area contributed by atoms with E-state index in [2.05, 4.69) is 0 Å². The highest BCUT2D eigenvalue weighted by atomic mass is 16.3. The Labute approximate surface area is 90.5 Å². The molecule has 15 heavy (non-hydrogen) atoms. The van der Waals surface area contributed by atoms with Gasteiger partial charge in [0, 0.05) is 13.0 Å². The fraction of sp³-hybridized carbons (Fsp3) is 0.500. The maximum absolute atomic E-state index is 10.2. The van der Waals surface area contributed by atoms with Crippen LogP contribution in [-0.2, 0) is 6.42 Å². The molecule has 0 bridgehead atoms. The number of hydrogen-bond acceptors (Lipinski definition) is 3. The molecule has 84 valence electrons. The van der Waals surface area contributed by atoms with Crippen molar-refractivity contribution in [3.05, 3.63) is 29.8 Å². The van der Waals surface area contributed by atoms with E-state index in [1.54, 1.807) is 18.2 Å². The zero-order chi connectivity index (χ0) is 11.3. The van der Waals surface area contributed by atoms with Gasteiger partial charge in [0.15, 0.2) is 0 Å². The average Bonchev–Trinajstić information content (AvgIpc) is 2.18. The van der Waals surface area contributed by atoms with Crippen molar-refractivity contribution < 1.29 is 10.2 Å². The van der Waals surface area contributed by atoms with Crippen molar-refractivity contribution in [3.8, 4) is 5.75 Å². The van der Waals surface area contributed by atoms with Gasteiger partial charge in [-0.15, -0.1) is 0 Å². The lowest BCUT2D eigenvalue weighted by atomic mass is 9.90. The van der Waals surface area contributed by atoms with E-state index in [4.69, 9.17) is 5.73 Å². The SMILES string of the molecule is CCCC(O)(CN)Cc1cccc(O)c1. The molecule has 0 aromatic heterocycles. The van der Waals surface area contributed by atoms with Gasteiger partial charge in [0.05, 0.1) is 5.60 Å². The largest absolute Gasteiger partial charge is 0.508 e. The first-order valence-corrected chi connectivity index (χ1v) is 5.30. The van der Waals surface area contributed by atoms with Crippen LogP contribution in [0.1, 0.15) is 25.3 Å². The van der Waals surface area contributed by atoms with Gasteiger partial charge in [-0.3, -0.25) is 0 Å². The Morgan fingerprint density at radius 1 is 1.40 bits per heavy atom. The fourth-order valence-electron chi connectivity index (χ4n) is 1.77. The molecule has 1 atom stereocenters. The lowest BCUT2D eigenvalue weighted by Gasteiger charge is -2.26. The van der Waals surface area contributed by atoms with Crippen LogP contribution in [0.4, 0.5) is 0 Å². The first-order chi connectivity index (χ1) is 7.09. The first-order valence-electron chi connectivity index (χ1n) is 5.30. The second-order valence-corrected chi connectivity index (χ2v) is 4.03. The summed E-state index contributed by atoms with van der Waals surface area (Å²) < 4.78 is 0. The minimum atomic E-state index is -0.845. The van der Waals surface area contributed by atoms with Crippen molar-refractivity contribution in [2.45, 2.75) is 31.8 Å². The van der Waals surface area contributed by atoms with E-state index >= 15 is 0 Å².